The monoisotopic (exact) mass is 491 g/mol. The number of benzene rings is 3. The van der Waals surface area contributed by atoms with E-state index in [4.69, 9.17) is 18.9 Å². The van der Waals surface area contributed by atoms with Gasteiger partial charge in [0.05, 0.1) is 48.4 Å². The van der Waals surface area contributed by atoms with Gasteiger partial charge in [-0.1, -0.05) is 6.07 Å². The first-order valence-corrected chi connectivity index (χ1v) is 10.5. The Labute approximate surface area is 206 Å². The van der Waals surface area contributed by atoms with Crippen molar-refractivity contribution in [2.24, 2.45) is 0 Å². The predicted molar refractivity (Wildman–Crippen MR) is 130 cm³/mol. The first kappa shape index (κ1) is 25.5. The van der Waals surface area contributed by atoms with Crippen LogP contribution in [0.1, 0.15) is 18.1 Å². The Hall–Kier alpha value is -5.11. The van der Waals surface area contributed by atoms with Crippen LogP contribution in [0.15, 0.2) is 54.6 Å². The van der Waals surface area contributed by atoms with Gasteiger partial charge in [-0.15, -0.1) is 0 Å². The lowest BCUT2D eigenvalue weighted by molar-refractivity contribution is -0.394. The van der Waals surface area contributed by atoms with Crippen LogP contribution in [0.2, 0.25) is 0 Å². The summed E-state index contributed by atoms with van der Waals surface area (Å²) in [6.45, 7) is 2.03. The summed E-state index contributed by atoms with van der Waals surface area (Å²) in [7, 11) is 3.02. The number of nitro groups is 2. The van der Waals surface area contributed by atoms with Crippen molar-refractivity contribution < 1.29 is 28.8 Å². The van der Waals surface area contributed by atoms with Gasteiger partial charge in [-0.05, 0) is 60.5 Å². The van der Waals surface area contributed by atoms with Crippen molar-refractivity contribution in [2.75, 3.05) is 20.8 Å². The molecule has 3 aromatic carbocycles. The molecule has 0 amide bonds. The fraction of sp³-hybridized carbons (Fsp3) is 0.160. The Kier molecular flexibility index (Phi) is 8.04. The molecule has 3 rings (SSSR count). The van der Waals surface area contributed by atoms with Crippen LogP contribution in [-0.2, 0) is 0 Å². The summed E-state index contributed by atoms with van der Waals surface area (Å²) in [5, 5.41) is 32.2. The fourth-order valence-corrected chi connectivity index (χ4v) is 3.28. The number of rotatable bonds is 10. The first-order valence-electron chi connectivity index (χ1n) is 10.5. The molecule has 0 N–H and O–H groups in total. The van der Waals surface area contributed by atoms with Crippen LogP contribution in [0.5, 0.6) is 28.7 Å². The van der Waals surface area contributed by atoms with Crippen molar-refractivity contribution in [3.8, 4) is 34.8 Å². The Morgan fingerprint density at radius 3 is 2.19 bits per heavy atom. The topological polar surface area (TPSA) is 147 Å². The SMILES string of the molecule is CCOc1cc(/C=C(\C#N)c2ccc(OC)c(OC)c2)ccc1Oc1ccc([N+](=O)[O-])cc1[N+](=O)[O-]. The third-order valence-corrected chi connectivity index (χ3v) is 4.96. The van der Waals surface area contributed by atoms with E-state index in [2.05, 4.69) is 6.07 Å². The van der Waals surface area contributed by atoms with Crippen molar-refractivity contribution in [2.45, 2.75) is 6.92 Å². The highest BCUT2D eigenvalue weighted by atomic mass is 16.6. The van der Waals surface area contributed by atoms with E-state index in [0.717, 1.165) is 18.2 Å². The minimum Gasteiger partial charge on any atom is -0.493 e. The van der Waals surface area contributed by atoms with Crippen LogP contribution in [0.3, 0.4) is 0 Å². The zero-order valence-electron chi connectivity index (χ0n) is 19.6. The van der Waals surface area contributed by atoms with Gasteiger partial charge in [0.15, 0.2) is 23.0 Å². The van der Waals surface area contributed by atoms with Crippen molar-refractivity contribution >= 4 is 23.0 Å². The second kappa shape index (κ2) is 11.3. The van der Waals surface area contributed by atoms with Gasteiger partial charge in [-0.2, -0.15) is 5.26 Å². The highest BCUT2D eigenvalue weighted by Gasteiger charge is 2.22. The summed E-state index contributed by atoms with van der Waals surface area (Å²) in [6.07, 6.45) is 1.64. The van der Waals surface area contributed by atoms with Gasteiger partial charge in [0.25, 0.3) is 5.69 Å². The van der Waals surface area contributed by atoms with Crippen molar-refractivity contribution in [3.63, 3.8) is 0 Å². The maximum Gasteiger partial charge on any atom is 0.318 e. The highest BCUT2D eigenvalue weighted by Crippen LogP contribution is 2.39. The van der Waals surface area contributed by atoms with Crippen LogP contribution in [0, 0.1) is 31.6 Å². The predicted octanol–water partition coefficient (Wildman–Crippen LogP) is 5.78. The van der Waals surface area contributed by atoms with Gasteiger partial charge in [0, 0.05) is 6.07 Å². The normalized spacial score (nSPS) is 10.8. The van der Waals surface area contributed by atoms with Crippen molar-refractivity contribution in [1.29, 1.82) is 5.26 Å². The molecular weight excluding hydrogens is 470 g/mol. The summed E-state index contributed by atoms with van der Waals surface area (Å²) >= 11 is 0. The van der Waals surface area contributed by atoms with Crippen LogP contribution < -0.4 is 18.9 Å². The molecule has 0 aromatic heterocycles. The number of methoxy groups -OCH3 is 2. The summed E-state index contributed by atoms with van der Waals surface area (Å²) < 4.78 is 21.9. The molecule has 36 heavy (non-hydrogen) atoms. The van der Waals surface area contributed by atoms with Crippen molar-refractivity contribution in [1.82, 2.24) is 0 Å². The summed E-state index contributed by atoms with van der Waals surface area (Å²) in [6, 6.07) is 15.2. The average molecular weight is 491 g/mol. The van der Waals surface area contributed by atoms with Gasteiger partial charge >= 0.3 is 5.69 Å². The molecule has 0 saturated heterocycles. The molecule has 0 bridgehead atoms. The van der Waals surface area contributed by atoms with E-state index in [-0.39, 0.29) is 23.9 Å². The van der Waals surface area contributed by atoms with E-state index in [1.807, 2.05) is 0 Å². The Morgan fingerprint density at radius 2 is 1.58 bits per heavy atom. The smallest absolute Gasteiger partial charge is 0.318 e. The number of ether oxygens (including phenoxy) is 4. The number of hydrogen-bond acceptors (Lipinski definition) is 9. The molecule has 0 saturated carbocycles. The molecule has 184 valence electrons. The van der Waals surface area contributed by atoms with Gasteiger partial charge in [0.2, 0.25) is 5.75 Å². The van der Waals surface area contributed by atoms with E-state index < -0.39 is 21.2 Å². The van der Waals surface area contributed by atoms with E-state index in [1.54, 1.807) is 43.3 Å². The molecule has 11 heteroatoms. The molecule has 0 heterocycles. The van der Waals surface area contributed by atoms with Gasteiger partial charge in [-0.25, -0.2) is 0 Å². The zero-order chi connectivity index (χ0) is 26.2. The molecule has 3 aromatic rings. The average Bonchev–Trinajstić information content (AvgIpc) is 2.88. The van der Waals surface area contributed by atoms with E-state index in [1.165, 1.54) is 20.3 Å². The molecule has 0 fully saturated rings. The number of nitrogens with zero attached hydrogens (tertiary/aromatic N) is 3. The summed E-state index contributed by atoms with van der Waals surface area (Å²) in [5.41, 5.74) is 0.568. The molecule has 0 aliphatic heterocycles. The Balaban J connectivity index is 2.00. The fourth-order valence-electron chi connectivity index (χ4n) is 3.28. The van der Waals surface area contributed by atoms with Crippen LogP contribution in [0.4, 0.5) is 11.4 Å². The number of hydrogen-bond donors (Lipinski definition) is 0. The number of nitriles is 1. The Morgan fingerprint density at radius 1 is 0.889 bits per heavy atom. The van der Waals surface area contributed by atoms with E-state index in [9.17, 15) is 25.5 Å². The molecule has 0 aliphatic carbocycles. The quantitative estimate of drug-likeness (QED) is 0.149. The molecule has 0 aliphatic rings. The Bertz CT molecular complexity index is 1380. The zero-order valence-corrected chi connectivity index (χ0v) is 19.6. The van der Waals surface area contributed by atoms with Crippen LogP contribution in [-0.4, -0.2) is 30.7 Å². The standard InChI is InChI=1S/C25H21N3O8/c1-4-35-25-12-16(11-18(15-26)17-6-9-22(33-2)24(13-17)34-3)5-8-23(25)36-21-10-7-19(27(29)30)14-20(21)28(31)32/h5-14H,4H2,1-3H3/b18-11+. The van der Waals surface area contributed by atoms with E-state index >= 15 is 0 Å². The molecule has 11 nitrogen and oxygen atoms in total. The second-order valence-electron chi connectivity index (χ2n) is 7.15. The van der Waals surface area contributed by atoms with Crippen LogP contribution >= 0.6 is 0 Å². The summed E-state index contributed by atoms with van der Waals surface area (Å²) in [4.78, 5) is 20.9. The first-order chi connectivity index (χ1) is 17.3. The molecule has 0 radical (unpaired) electrons. The maximum absolute atomic E-state index is 11.4. The number of allylic oxidation sites excluding steroid dienone is 1. The molecule has 0 unspecified atom stereocenters. The van der Waals surface area contributed by atoms with Gasteiger partial charge in [0.1, 0.15) is 0 Å². The third-order valence-electron chi connectivity index (χ3n) is 4.96. The molecular formula is C25H21N3O8. The lowest BCUT2D eigenvalue weighted by Crippen LogP contribution is -1.99. The number of nitro benzene ring substituents is 2. The third kappa shape index (κ3) is 5.68. The maximum atomic E-state index is 11.4. The molecule has 0 atom stereocenters. The van der Waals surface area contributed by atoms with Crippen molar-refractivity contribution in [3.05, 3.63) is 86.0 Å². The lowest BCUT2D eigenvalue weighted by Gasteiger charge is -2.13. The van der Waals surface area contributed by atoms with Gasteiger partial charge < -0.3 is 18.9 Å². The lowest BCUT2D eigenvalue weighted by atomic mass is 10.0. The minimum absolute atomic E-state index is 0.163. The molecule has 0 spiro atoms. The van der Waals surface area contributed by atoms with E-state index in [0.29, 0.717) is 28.2 Å². The minimum atomic E-state index is -0.762. The second-order valence-corrected chi connectivity index (χ2v) is 7.15. The largest absolute Gasteiger partial charge is 0.493 e. The van der Waals surface area contributed by atoms with Crippen LogP contribution in [0.25, 0.3) is 11.6 Å². The highest BCUT2D eigenvalue weighted by molar-refractivity contribution is 5.90. The van der Waals surface area contributed by atoms with Gasteiger partial charge in [-0.3, -0.25) is 20.2 Å². The summed E-state index contributed by atoms with van der Waals surface area (Å²) in [5.74, 6) is 1.25. The number of non-ortho nitro benzene ring substituents is 1.